The summed E-state index contributed by atoms with van der Waals surface area (Å²) in [6, 6.07) is 37.4. The van der Waals surface area contributed by atoms with Crippen LogP contribution in [0.4, 0.5) is 10.5 Å². The summed E-state index contributed by atoms with van der Waals surface area (Å²) in [5, 5.41) is 20.0. The van der Waals surface area contributed by atoms with E-state index in [0.29, 0.717) is 39.7 Å². The summed E-state index contributed by atoms with van der Waals surface area (Å²) >= 11 is 5.52. The molecule has 0 heterocycles. The Morgan fingerprint density at radius 2 is 1.45 bits per heavy atom. The molecule has 0 aliphatic carbocycles. The van der Waals surface area contributed by atoms with Crippen LogP contribution in [0.2, 0.25) is 0 Å². The van der Waals surface area contributed by atoms with Crippen LogP contribution >= 0.6 is 12.2 Å². The van der Waals surface area contributed by atoms with Crippen molar-refractivity contribution in [1.29, 1.82) is 5.41 Å². The van der Waals surface area contributed by atoms with Crippen LogP contribution in [0, 0.1) is 5.41 Å². The quantitative estimate of drug-likeness (QED) is 0.0762. The molecule has 5 aromatic carbocycles. The lowest BCUT2D eigenvalue weighted by Gasteiger charge is -2.24. The molecule has 0 atom stereocenters. The molecule has 0 saturated heterocycles. The number of sulfonamides is 1. The van der Waals surface area contributed by atoms with Gasteiger partial charge in [0.15, 0.2) is 0 Å². The molecular formula is C36H33N5O4S2. The molecule has 0 radical (unpaired) electrons. The first-order valence-electron chi connectivity index (χ1n) is 14.6. The largest absolute Gasteiger partial charge is 0.497 e. The van der Waals surface area contributed by atoms with Gasteiger partial charge in [-0.1, -0.05) is 91.1 Å². The molecule has 11 heteroatoms. The number of methoxy groups -OCH3 is 1. The Balaban J connectivity index is 1.32. The molecule has 47 heavy (non-hydrogen) atoms. The number of amides is 2. The van der Waals surface area contributed by atoms with E-state index in [4.69, 9.17) is 27.5 Å². The average molecular weight is 664 g/mol. The van der Waals surface area contributed by atoms with Crippen molar-refractivity contribution < 1.29 is 17.9 Å². The van der Waals surface area contributed by atoms with Crippen molar-refractivity contribution in [2.45, 2.75) is 18.0 Å². The van der Waals surface area contributed by atoms with Crippen LogP contribution in [0.5, 0.6) is 5.75 Å². The van der Waals surface area contributed by atoms with Crippen molar-refractivity contribution in [2.24, 2.45) is 5.14 Å². The number of urea groups is 1. The number of hydrogen-bond acceptors (Lipinski definition) is 6. The number of ether oxygens (including phenoxy) is 1. The SMILES string of the molecule is COc1ccc(C(=S)NC(=N)c2cccc(CN(Cc3ccccc3)C(=O)Nc3ccc(-c4ccccc4S(N)(=O)=O)cc3)c2)cc1. The second-order valence-electron chi connectivity index (χ2n) is 10.6. The van der Waals surface area contributed by atoms with Crippen molar-refractivity contribution in [3.8, 4) is 16.9 Å². The van der Waals surface area contributed by atoms with E-state index in [2.05, 4.69) is 10.6 Å². The van der Waals surface area contributed by atoms with Crippen LogP contribution < -0.4 is 20.5 Å². The lowest BCUT2D eigenvalue weighted by Crippen LogP contribution is -2.34. The van der Waals surface area contributed by atoms with E-state index in [1.807, 2.05) is 78.9 Å². The number of carbonyl (C=O) groups excluding carboxylic acids is 1. The number of nitrogens with one attached hydrogen (secondary N) is 3. The average Bonchev–Trinajstić information content (AvgIpc) is 3.08. The second kappa shape index (κ2) is 14.8. The van der Waals surface area contributed by atoms with Crippen LogP contribution in [0.3, 0.4) is 0 Å². The standard InChI is InChI=1S/C36H33N5O4S2/c1-45-31-20-16-28(17-21-31)35(46)40-34(37)29-11-7-10-26(22-29)24-41(23-25-8-3-2-4-9-25)36(42)39-30-18-14-27(15-19-30)32-12-5-6-13-33(32)47(38,43)44/h2-22H,23-24H2,1H3,(H,39,42)(H2,37,40,46)(H2,38,43,44). The number of anilines is 1. The summed E-state index contributed by atoms with van der Waals surface area (Å²) in [5.74, 6) is 0.849. The predicted octanol–water partition coefficient (Wildman–Crippen LogP) is 6.53. The molecule has 0 spiro atoms. The van der Waals surface area contributed by atoms with E-state index in [9.17, 15) is 13.2 Å². The lowest BCUT2D eigenvalue weighted by molar-refractivity contribution is 0.206. The third kappa shape index (κ3) is 8.67. The number of amidine groups is 1. The monoisotopic (exact) mass is 663 g/mol. The fourth-order valence-corrected chi connectivity index (χ4v) is 5.94. The Kier molecular flexibility index (Phi) is 10.4. The minimum Gasteiger partial charge on any atom is -0.497 e. The number of thiocarbonyl (C=S) groups is 1. The Morgan fingerprint density at radius 3 is 2.13 bits per heavy atom. The third-order valence-electron chi connectivity index (χ3n) is 7.32. The highest BCUT2D eigenvalue weighted by atomic mass is 32.2. The normalized spacial score (nSPS) is 10.9. The zero-order chi connectivity index (χ0) is 33.4. The molecule has 9 nitrogen and oxygen atoms in total. The van der Waals surface area contributed by atoms with Crippen LogP contribution in [-0.4, -0.2) is 37.3 Å². The van der Waals surface area contributed by atoms with Crippen molar-refractivity contribution in [3.63, 3.8) is 0 Å². The predicted molar refractivity (Wildman–Crippen MR) is 189 cm³/mol. The molecule has 0 aliphatic heterocycles. The number of hydrogen-bond donors (Lipinski definition) is 4. The van der Waals surface area contributed by atoms with Crippen molar-refractivity contribution in [2.75, 3.05) is 12.4 Å². The van der Waals surface area contributed by atoms with E-state index < -0.39 is 10.0 Å². The molecule has 5 aromatic rings. The zero-order valence-corrected chi connectivity index (χ0v) is 27.1. The fraction of sp³-hybridized carbons (Fsp3) is 0.0833. The summed E-state index contributed by atoms with van der Waals surface area (Å²) in [6.07, 6.45) is 0. The number of benzene rings is 5. The van der Waals surface area contributed by atoms with Crippen molar-refractivity contribution in [1.82, 2.24) is 10.2 Å². The fourth-order valence-electron chi connectivity index (χ4n) is 4.94. The number of nitrogens with zero attached hydrogens (tertiary/aromatic N) is 1. The first kappa shape index (κ1) is 33.0. The molecule has 2 amide bonds. The van der Waals surface area contributed by atoms with Gasteiger partial charge in [-0.2, -0.15) is 0 Å². The molecule has 0 bridgehead atoms. The Labute approximate surface area is 279 Å². The Hall–Kier alpha value is -5.36. The van der Waals surface area contributed by atoms with E-state index in [1.54, 1.807) is 54.5 Å². The number of primary sulfonamides is 1. The van der Waals surface area contributed by atoms with Crippen LogP contribution in [0.25, 0.3) is 11.1 Å². The Morgan fingerprint density at radius 1 is 0.809 bits per heavy atom. The minimum absolute atomic E-state index is 0.0267. The molecule has 5 rings (SSSR count). The smallest absolute Gasteiger partial charge is 0.322 e. The minimum atomic E-state index is -3.92. The molecule has 0 saturated carbocycles. The summed E-state index contributed by atoms with van der Waals surface area (Å²) in [6.45, 7) is 0.610. The van der Waals surface area contributed by atoms with Gasteiger partial charge in [-0.25, -0.2) is 18.4 Å². The number of rotatable bonds is 10. The van der Waals surface area contributed by atoms with E-state index in [1.165, 1.54) is 6.07 Å². The summed E-state index contributed by atoms with van der Waals surface area (Å²) in [5.41, 5.74) is 4.81. The van der Waals surface area contributed by atoms with Gasteiger partial charge in [-0.3, -0.25) is 5.41 Å². The first-order chi connectivity index (χ1) is 22.6. The lowest BCUT2D eigenvalue weighted by atomic mass is 10.1. The molecule has 5 N–H and O–H groups in total. The summed E-state index contributed by atoms with van der Waals surface area (Å²) in [4.78, 5) is 15.8. The van der Waals surface area contributed by atoms with Gasteiger partial charge >= 0.3 is 6.03 Å². The van der Waals surface area contributed by atoms with Gasteiger partial charge in [-0.05, 0) is 65.2 Å². The highest BCUT2D eigenvalue weighted by Crippen LogP contribution is 2.28. The van der Waals surface area contributed by atoms with E-state index >= 15 is 0 Å². The third-order valence-corrected chi connectivity index (χ3v) is 8.63. The van der Waals surface area contributed by atoms with E-state index in [-0.39, 0.29) is 23.3 Å². The zero-order valence-electron chi connectivity index (χ0n) is 25.5. The summed E-state index contributed by atoms with van der Waals surface area (Å²) in [7, 11) is -2.32. The maximum atomic E-state index is 13.7. The molecule has 0 aliphatic rings. The number of carbonyl (C=O) groups is 1. The summed E-state index contributed by atoms with van der Waals surface area (Å²) < 4.78 is 29.4. The first-order valence-corrected chi connectivity index (χ1v) is 16.5. The van der Waals surface area contributed by atoms with Gasteiger partial charge < -0.3 is 20.3 Å². The highest BCUT2D eigenvalue weighted by Gasteiger charge is 2.18. The maximum absolute atomic E-state index is 13.7. The molecule has 0 aromatic heterocycles. The van der Waals surface area contributed by atoms with Gasteiger partial charge in [0, 0.05) is 35.5 Å². The van der Waals surface area contributed by atoms with Gasteiger partial charge in [-0.15, -0.1) is 0 Å². The Bertz CT molecular complexity index is 2000. The van der Waals surface area contributed by atoms with Gasteiger partial charge in [0.2, 0.25) is 10.0 Å². The maximum Gasteiger partial charge on any atom is 0.322 e. The molecular weight excluding hydrogens is 631 g/mol. The topological polar surface area (TPSA) is 138 Å². The van der Waals surface area contributed by atoms with Gasteiger partial charge in [0.05, 0.1) is 12.0 Å². The molecule has 0 fully saturated rings. The van der Waals surface area contributed by atoms with Gasteiger partial charge in [0.1, 0.15) is 16.6 Å². The van der Waals surface area contributed by atoms with Crippen LogP contribution in [0.15, 0.2) is 132 Å². The van der Waals surface area contributed by atoms with Crippen molar-refractivity contribution in [3.05, 3.63) is 150 Å². The van der Waals surface area contributed by atoms with Gasteiger partial charge in [0.25, 0.3) is 0 Å². The number of nitrogens with two attached hydrogens (primary N) is 1. The van der Waals surface area contributed by atoms with Crippen LogP contribution in [0.1, 0.15) is 22.3 Å². The molecule has 0 unspecified atom stereocenters. The van der Waals surface area contributed by atoms with Crippen molar-refractivity contribution >= 4 is 44.8 Å². The molecule has 238 valence electrons. The second-order valence-corrected chi connectivity index (χ2v) is 12.6. The van der Waals surface area contributed by atoms with E-state index in [0.717, 1.165) is 16.7 Å². The highest BCUT2D eigenvalue weighted by molar-refractivity contribution is 7.89. The van der Waals surface area contributed by atoms with Crippen LogP contribution in [-0.2, 0) is 23.1 Å².